The van der Waals surface area contributed by atoms with Gasteiger partial charge in [0.05, 0.1) is 18.7 Å². The van der Waals surface area contributed by atoms with E-state index >= 15 is 0 Å². The molecule has 2 aliphatic rings. The molecule has 0 spiro atoms. The van der Waals surface area contributed by atoms with Crippen LogP contribution < -0.4 is 5.32 Å². The second-order valence-electron chi connectivity index (χ2n) is 7.24. The SMILES string of the molecule is Cc1cccc(C2(NC(=O)N3CCOC(c4ccc(F)cc4)C3)CC2)c1. The van der Waals surface area contributed by atoms with Crippen molar-refractivity contribution in [2.75, 3.05) is 19.7 Å². The zero-order chi connectivity index (χ0) is 18.1. The molecule has 1 aliphatic carbocycles. The summed E-state index contributed by atoms with van der Waals surface area (Å²) in [6.07, 6.45) is 1.71. The van der Waals surface area contributed by atoms with Crippen molar-refractivity contribution in [1.29, 1.82) is 0 Å². The molecule has 2 aromatic rings. The van der Waals surface area contributed by atoms with Crippen molar-refractivity contribution >= 4 is 6.03 Å². The van der Waals surface area contributed by atoms with Gasteiger partial charge in [0.1, 0.15) is 11.9 Å². The van der Waals surface area contributed by atoms with Crippen molar-refractivity contribution in [2.45, 2.75) is 31.4 Å². The first-order valence-corrected chi connectivity index (χ1v) is 9.07. The molecule has 4 rings (SSSR count). The van der Waals surface area contributed by atoms with Crippen molar-refractivity contribution in [1.82, 2.24) is 10.2 Å². The van der Waals surface area contributed by atoms with Gasteiger partial charge in [-0.2, -0.15) is 0 Å². The Bertz CT molecular complexity index is 802. The van der Waals surface area contributed by atoms with Crippen LogP contribution in [0, 0.1) is 12.7 Å². The summed E-state index contributed by atoms with van der Waals surface area (Å²) in [6.45, 7) is 3.58. The highest BCUT2D eigenvalue weighted by Gasteiger charge is 2.46. The third-order valence-electron chi connectivity index (χ3n) is 5.26. The highest BCUT2D eigenvalue weighted by molar-refractivity contribution is 5.76. The number of amides is 2. The third kappa shape index (κ3) is 3.44. The molecular weight excluding hydrogens is 331 g/mol. The number of aryl methyl sites for hydroxylation is 1. The molecule has 2 fully saturated rings. The van der Waals surface area contributed by atoms with Crippen LogP contribution in [-0.2, 0) is 10.3 Å². The summed E-state index contributed by atoms with van der Waals surface area (Å²) >= 11 is 0. The van der Waals surface area contributed by atoms with Crippen LogP contribution in [-0.4, -0.2) is 30.6 Å². The number of ether oxygens (including phenoxy) is 1. The minimum Gasteiger partial charge on any atom is -0.370 e. The van der Waals surface area contributed by atoms with E-state index < -0.39 is 0 Å². The molecule has 1 saturated heterocycles. The molecule has 1 heterocycles. The minimum absolute atomic E-state index is 0.0561. The predicted molar refractivity (Wildman–Crippen MR) is 97.3 cm³/mol. The van der Waals surface area contributed by atoms with Crippen LogP contribution >= 0.6 is 0 Å². The number of morpholine rings is 1. The van der Waals surface area contributed by atoms with Gasteiger partial charge in [0.2, 0.25) is 0 Å². The number of hydrogen-bond donors (Lipinski definition) is 1. The summed E-state index contributed by atoms with van der Waals surface area (Å²) in [7, 11) is 0. The number of urea groups is 1. The normalized spacial score (nSPS) is 21.3. The first-order valence-electron chi connectivity index (χ1n) is 9.07. The van der Waals surface area contributed by atoms with Crippen LogP contribution in [0.2, 0.25) is 0 Å². The smallest absolute Gasteiger partial charge is 0.318 e. The van der Waals surface area contributed by atoms with Crippen LogP contribution in [0.3, 0.4) is 0 Å². The number of hydrogen-bond acceptors (Lipinski definition) is 2. The van der Waals surface area contributed by atoms with E-state index in [-0.39, 0.29) is 23.5 Å². The molecule has 1 atom stereocenters. The summed E-state index contributed by atoms with van der Waals surface area (Å²) < 4.78 is 18.9. The summed E-state index contributed by atoms with van der Waals surface area (Å²) in [4.78, 5) is 14.6. The monoisotopic (exact) mass is 354 g/mol. The fraction of sp³-hybridized carbons (Fsp3) is 0.381. The van der Waals surface area contributed by atoms with E-state index in [0.717, 1.165) is 18.4 Å². The van der Waals surface area contributed by atoms with Gasteiger partial charge in [0, 0.05) is 6.54 Å². The lowest BCUT2D eigenvalue weighted by molar-refractivity contribution is -0.0159. The average Bonchev–Trinajstić information content (AvgIpc) is 3.43. The highest BCUT2D eigenvalue weighted by Crippen LogP contribution is 2.45. The summed E-state index contributed by atoms with van der Waals surface area (Å²) in [5.74, 6) is -0.270. The molecule has 5 heteroatoms. The Kier molecular flexibility index (Phi) is 4.41. The molecule has 1 aliphatic heterocycles. The lowest BCUT2D eigenvalue weighted by Crippen LogP contribution is -2.50. The summed E-state index contributed by atoms with van der Waals surface area (Å²) in [5.41, 5.74) is 3.04. The van der Waals surface area contributed by atoms with Crippen molar-refractivity contribution < 1.29 is 13.9 Å². The van der Waals surface area contributed by atoms with Gasteiger partial charge >= 0.3 is 6.03 Å². The molecule has 2 aromatic carbocycles. The van der Waals surface area contributed by atoms with Gasteiger partial charge in [-0.05, 0) is 43.0 Å². The maximum absolute atomic E-state index is 13.1. The molecular formula is C21H23FN2O2. The molecule has 0 bridgehead atoms. The van der Waals surface area contributed by atoms with Gasteiger partial charge < -0.3 is 15.0 Å². The van der Waals surface area contributed by atoms with Gasteiger partial charge in [0.15, 0.2) is 0 Å². The van der Waals surface area contributed by atoms with Crippen LogP contribution in [0.25, 0.3) is 0 Å². The Morgan fingerprint density at radius 3 is 2.69 bits per heavy atom. The van der Waals surface area contributed by atoms with Crippen molar-refractivity contribution in [3.05, 3.63) is 71.0 Å². The molecule has 4 nitrogen and oxygen atoms in total. The van der Waals surface area contributed by atoms with Crippen LogP contribution in [0.4, 0.5) is 9.18 Å². The summed E-state index contributed by atoms with van der Waals surface area (Å²) in [6, 6.07) is 14.6. The van der Waals surface area contributed by atoms with E-state index in [9.17, 15) is 9.18 Å². The number of carbonyl (C=O) groups is 1. The van der Waals surface area contributed by atoms with Crippen molar-refractivity contribution in [2.24, 2.45) is 0 Å². The third-order valence-corrected chi connectivity index (χ3v) is 5.26. The Morgan fingerprint density at radius 1 is 1.23 bits per heavy atom. The zero-order valence-corrected chi connectivity index (χ0v) is 14.9. The quantitative estimate of drug-likeness (QED) is 0.908. The number of halogens is 1. The summed E-state index contributed by atoms with van der Waals surface area (Å²) in [5, 5.41) is 3.23. The number of rotatable bonds is 3. The van der Waals surface area contributed by atoms with Crippen LogP contribution in [0.5, 0.6) is 0 Å². The Hall–Kier alpha value is -2.40. The number of benzene rings is 2. The lowest BCUT2D eigenvalue weighted by Gasteiger charge is -2.34. The Balaban J connectivity index is 1.44. The van der Waals surface area contributed by atoms with E-state index in [1.165, 1.54) is 23.3 Å². The standard InChI is InChI=1S/C21H23FN2O2/c1-15-3-2-4-17(13-15)21(9-10-21)23-20(25)24-11-12-26-19(14-24)16-5-7-18(22)8-6-16/h2-8,13,19H,9-12,14H2,1H3,(H,23,25). The molecule has 0 aromatic heterocycles. The Labute approximate surface area is 153 Å². The minimum atomic E-state index is -0.270. The lowest BCUT2D eigenvalue weighted by atomic mass is 10.0. The van der Waals surface area contributed by atoms with Gasteiger partial charge in [-0.1, -0.05) is 42.0 Å². The number of nitrogens with one attached hydrogen (secondary N) is 1. The van der Waals surface area contributed by atoms with E-state index in [2.05, 4.69) is 30.4 Å². The second-order valence-corrected chi connectivity index (χ2v) is 7.24. The molecule has 1 unspecified atom stereocenters. The molecule has 2 amide bonds. The topological polar surface area (TPSA) is 41.6 Å². The first kappa shape index (κ1) is 17.0. The maximum atomic E-state index is 13.1. The van der Waals surface area contributed by atoms with E-state index in [4.69, 9.17) is 4.74 Å². The predicted octanol–water partition coefficient (Wildman–Crippen LogP) is 3.91. The second kappa shape index (κ2) is 6.72. The average molecular weight is 354 g/mol. The zero-order valence-electron chi connectivity index (χ0n) is 14.9. The van der Waals surface area contributed by atoms with E-state index in [0.29, 0.717) is 19.7 Å². The number of carbonyl (C=O) groups excluding carboxylic acids is 1. The van der Waals surface area contributed by atoms with E-state index in [1.807, 2.05) is 6.07 Å². The maximum Gasteiger partial charge on any atom is 0.318 e. The fourth-order valence-electron chi connectivity index (χ4n) is 3.55. The van der Waals surface area contributed by atoms with Gasteiger partial charge in [-0.15, -0.1) is 0 Å². The van der Waals surface area contributed by atoms with Gasteiger partial charge in [-0.25, -0.2) is 9.18 Å². The molecule has 1 saturated carbocycles. The van der Waals surface area contributed by atoms with Crippen molar-refractivity contribution in [3.8, 4) is 0 Å². The molecule has 1 N–H and O–H groups in total. The highest BCUT2D eigenvalue weighted by atomic mass is 19.1. The molecule has 26 heavy (non-hydrogen) atoms. The van der Waals surface area contributed by atoms with Gasteiger partial charge in [0.25, 0.3) is 0 Å². The number of nitrogens with zero attached hydrogens (tertiary/aromatic N) is 1. The largest absolute Gasteiger partial charge is 0.370 e. The van der Waals surface area contributed by atoms with Crippen molar-refractivity contribution in [3.63, 3.8) is 0 Å². The van der Waals surface area contributed by atoms with Gasteiger partial charge in [-0.3, -0.25) is 0 Å². The van der Waals surface area contributed by atoms with E-state index in [1.54, 1.807) is 17.0 Å². The first-order chi connectivity index (χ1) is 12.6. The molecule has 0 radical (unpaired) electrons. The molecule has 136 valence electrons. The Morgan fingerprint density at radius 2 is 2.00 bits per heavy atom. The fourth-order valence-corrected chi connectivity index (χ4v) is 3.55. The van der Waals surface area contributed by atoms with Crippen LogP contribution in [0.1, 0.15) is 35.6 Å². The van der Waals surface area contributed by atoms with Crippen LogP contribution in [0.15, 0.2) is 48.5 Å².